The monoisotopic (exact) mass is 384 g/mol. The standard InChI is InChI=1S/C21H24N2O5/c1-2-23(13-16-14-27-17-6-3-4-7-19(17)28-16)21(24)22-15-8-9-18-20(12-15)26-11-5-10-25-18/h3-4,6-9,12,16H,2,5,10-11,13-14H2,1H3,(H,22,24). The maximum Gasteiger partial charge on any atom is 0.321 e. The Morgan fingerprint density at radius 1 is 1.04 bits per heavy atom. The van der Waals surface area contributed by atoms with E-state index in [9.17, 15) is 4.79 Å². The van der Waals surface area contributed by atoms with E-state index in [0.29, 0.717) is 55.8 Å². The van der Waals surface area contributed by atoms with Crippen LogP contribution in [0.4, 0.5) is 10.5 Å². The lowest BCUT2D eigenvalue weighted by Crippen LogP contribution is -2.45. The van der Waals surface area contributed by atoms with E-state index in [1.54, 1.807) is 11.0 Å². The van der Waals surface area contributed by atoms with Gasteiger partial charge in [-0.25, -0.2) is 4.79 Å². The average Bonchev–Trinajstić information content (AvgIpc) is 2.96. The van der Waals surface area contributed by atoms with E-state index < -0.39 is 0 Å². The highest BCUT2D eigenvalue weighted by Gasteiger charge is 2.25. The van der Waals surface area contributed by atoms with Crippen LogP contribution in [0.3, 0.4) is 0 Å². The number of likely N-dealkylation sites (N-methyl/N-ethyl adjacent to an activating group) is 1. The third kappa shape index (κ3) is 4.08. The molecule has 0 saturated heterocycles. The zero-order valence-electron chi connectivity index (χ0n) is 15.8. The maximum absolute atomic E-state index is 12.7. The van der Waals surface area contributed by atoms with Gasteiger partial charge in [0.25, 0.3) is 0 Å². The van der Waals surface area contributed by atoms with Gasteiger partial charge < -0.3 is 29.2 Å². The van der Waals surface area contributed by atoms with Crippen molar-refractivity contribution < 1.29 is 23.7 Å². The lowest BCUT2D eigenvalue weighted by Gasteiger charge is -2.31. The molecular weight excluding hydrogens is 360 g/mol. The van der Waals surface area contributed by atoms with E-state index in [0.717, 1.165) is 12.2 Å². The molecule has 1 atom stereocenters. The van der Waals surface area contributed by atoms with E-state index in [4.69, 9.17) is 18.9 Å². The molecule has 2 aromatic rings. The molecule has 1 N–H and O–H groups in total. The number of urea groups is 1. The van der Waals surface area contributed by atoms with Crippen molar-refractivity contribution in [1.29, 1.82) is 0 Å². The quantitative estimate of drug-likeness (QED) is 0.873. The summed E-state index contributed by atoms with van der Waals surface area (Å²) in [6.07, 6.45) is 0.622. The molecule has 2 aromatic carbocycles. The summed E-state index contributed by atoms with van der Waals surface area (Å²) < 4.78 is 23.0. The van der Waals surface area contributed by atoms with Crippen LogP contribution >= 0.6 is 0 Å². The number of nitrogens with one attached hydrogen (secondary N) is 1. The Morgan fingerprint density at radius 2 is 1.79 bits per heavy atom. The second kappa shape index (κ2) is 8.29. The lowest BCUT2D eigenvalue weighted by atomic mass is 10.2. The van der Waals surface area contributed by atoms with Crippen LogP contribution in [0.25, 0.3) is 0 Å². The largest absolute Gasteiger partial charge is 0.490 e. The van der Waals surface area contributed by atoms with Gasteiger partial charge in [0.1, 0.15) is 6.61 Å². The molecule has 0 saturated carbocycles. The summed E-state index contributed by atoms with van der Waals surface area (Å²) in [4.78, 5) is 14.4. The van der Waals surface area contributed by atoms with Gasteiger partial charge in [0.15, 0.2) is 29.1 Å². The van der Waals surface area contributed by atoms with Gasteiger partial charge in [0.2, 0.25) is 0 Å². The highest BCUT2D eigenvalue weighted by molar-refractivity contribution is 5.89. The number of carbonyl (C=O) groups excluding carboxylic acids is 1. The van der Waals surface area contributed by atoms with Gasteiger partial charge in [-0.1, -0.05) is 12.1 Å². The average molecular weight is 384 g/mol. The van der Waals surface area contributed by atoms with Crippen molar-refractivity contribution in [2.24, 2.45) is 0 Å². The molecule has 7 nitrogen and oxygen atoms in total. The SMILES string of the molecule is CCN(CC1COc2ccccc2O1)C(=O)Nc1ccc2c(c1)OCCCO2. The van der Waals surface area contributed by atoms with Crippen molar-refractivity contribution in [3.8, 4) is 23.0 Å². The Morgan fingerprint density at radius 3 is 2.61 bits per heavy atom. The maximum atomic E-state index is 12.7. The first kappa shape index (κ1) is 18.3. The van der Waals surface area contributed by atoms with Gasteiger partial charge in [-0.15, -0.1) is 0 Å². The number of rotatable bonds is 4. The van der Waals surface area contributed by atoms with Gasteiger partial charge in [-0.3, -0.25) is 0 Å². The van der Waals surface area contributed by atoms with Crippen molar-refractivity contribution in [2.45, 2.75) is 19.4 Å². The fraction of sp³-hybridized carbons (Fsp3) is 0.381. The number of para-hydroxylation sites is 2. The van der Waals surface area contributed by atoms with E-state index in [1.165, 1.54) is 0 Å². The van der Waals surface area contributed by atoms with Crippen LogP contribution in [-0.4, -0.2) is 49.9 Å². The molecule has 148 valence electrons. The van der Waals surface area contributed by atoms with Gasteiger partial charge >= 0.3 is 6.03 Å². The molecule has 0 aliphatic carbocycles. The fourth-order valence-corrected chi connectivity index (χ4v) is 3.20. The number of hydrogen-bond donors (Lipinski definition) is 1. The molecule has 7 heteroatoms. The topological polar surface area (TPSA) is 69.3 Å². The molecule has 0 aromatic heterocycles. The number of nitrogens with zero attached hydrogens (tertiary/aromatic N) is 1. The zero-order chi connectivity index (χ0) is 19.3. The molecule has 28 heavy (non-hydrogen) atoms. The molecule has 0 spiro atoms. The molecule has 2 amide bonds. The number of ether oxygens (including phenoxy) is 4. The minimum Gasteiger partial charge on any atom is -0.490 e. The van der Waals surface area contributed by atoms with Crippen molar-refractivity contribution in [2.75, 3.05) is 38.2 Å². The molecule has 4 rings (SSSR count). The van der Waals surface area contributed by atoms with Gasteiger partial charge in [0, 0.05) is 24.7 Å². The van der Waals surface area contributed by atoms with Crippen molar-refractivity contribution in [3.05, 3.63) is 42.5 Å². The minimum absolute atomic E-state index is 0.195. The molecule has 2 aliphatic rings. The third-order valence-corrected chi connectivity index (χ3v) is 4.66. The Kier molecular flexibility index (Phi) is 5.41. The number of carbonyl (C=O) groups is 1. The first-order chi connectivity index (χ1) is 13.7. The summed E-state index contributed by atoms with van der Waals surface area (Å²) in [6, 6.07) is 12.8. The smallest absolute Gasteiger partial charge is 0.321 e. The Labute approximate surface area is 164 Å². The summed E-state index contributed by atoms with van der Waals surface area (Å²) >= 11 is 0. The summed E-state index contributed by atoms with van der Waals surface area (Å²) in [5.41, 5.74) is 0.666. The van der Waals surface area contributed by atoms with Gasteiger partial charge in [-0.05, 0) is 31.2 Å². The molecule has 0 radical (unpaired) electrons. The Bertz CT molecular complexity index is 841. The predicted molar refractivity (Wildman–Crippen MR) is 105 cm³/mol. The van der Waals surface area contributed by atoms with Crippen LogP contribution in [0.15, 0.2) is 42.5 Å². The Hall–Kier alpha value is -3.09. The second-order valence-electron chi connectivity index (χ2n) is 6.68. The third-order valence-electron chi connectivity index (χ3n) is 4.66. The van der Waals surface area contributed by atoms with Crippen LogP contribution in [-0.2, 0) is 0 Å². The second-order valence-corrected chi connectivity index (χ2v) is 6.68. The number of benzene rings is 2. The summed E-state index contributed by atoms with van der Waals surface area (Å²) in [5.74, 6) is 2.80. The first-order valence-electron chi connectivity index (χ1n) is 9.57. The fourth-order valence-electron chi connectivity index (χ4n) is 3.20. The molecule has 2 heterocycles. The van der Waals surface area contributed by atoms with E-state index in [-0.39, 0.29) is 12.1 Å². The normalized spacial score (nSPS) is 17.4. The van der Waals surface area contributed by atoms with Crippen molar-refractivity contribution in [3.63, 3.8) is 0 Å². The Balaban J connectivity index is 1.39. The van der Waals surface area contributed by atoms with Crippen LogP contribution < -0.4 is 24.3 Å². The van der Waals surface area contributed by atoms with E-state index >= 15 is 0 Å². The number of anilines is 1. The molecule has 2 aliphatic heterocycles. The molecule has 0 bridgehead atoms. The van der Waals surface area contributed by atoms with Crippen LogP contribution in [0, 0.1) is 0 Å². The first-order valence-corrected chi connectivity index (χ1v) is 9.57. The van der Waals surface area contributed by atoms with Gasteiger partial charge in [-0.2, -0.15) is 0 Å². The predicted octanol–water partition coefficient (Wildman–Crippen LogP) is 3.54. The van der Waals surface area contributed by atoms with Crippen LogP contribution in [0.5, 0.6) is 23.0 Å². The summed E-state index contributed by atoms with van der Waals surface area (Å²) in [6.45, 7) is 4.57. The van der Waals surface area contributed by atoms with Crippen molar-refractivity contribution in [1.82, 2.24) is 4.90 Å². The lowest BCUT2D eigenvalue weighted by molar-refractivity contribution is 0.0693. The van der Waals surface area contributed by atoms with Crippen LogP contribution in [0.2, 0.25) is 0 Å². The van der Waals surface area contributed by atoms with E-state index in [2.05, 4.69) is 5.32 Å². The van der Waals surface area contributed by atoms with Crippen molar-refractivity contribution >= 4 is 11.7 Å². The zero-order valence-corrected chi connectivity index (χ0v) is 15.8. The summed E-state index contributed by atoms with van der Waals surface area (Å²) in [7, 11) is 0. The number of fused-ring (bicyclic) bond motifs is 2. The van der Waals surface area contributed by atoms with Gasteiger partial charge in [0.05, 0.1) is 19.8 Å². The molecular formula is C21H24N2O5. The molecule has 1 unspecified atom stereocenters. The highest BCUT2D eigenvalue weighted by atomic mass is 16.6. The van der Waals surface area contributed by atoms with E-state index in [1.807, 2.05) is 43.3 Å². The van der Waals surface area contributed by atoms with Crippen LogP contribution in [0.1, 0.15) is 13.3 Å². The number of hydrogen-bond acceptors (Lipinski definition) is 5. The summed E-state index contributed by atoms with van der Waals surface area (Å²) in [5, 5.41) is 2.93. The number of amides is 2. The minimum atomic E-state index is -0.218. The molecule has 0 fully saturated rings. The highest BCUT2D eigenvalue weighted by Crippen LogP contribution is 2.33.